The summed E-state index contributed by atoms with van der Waals surface area (Å²) in [5.74, 6) is 0.491. The minimum atomic E-state index is -4.40. The number of halogens is 3. The van der Waals surface area contributed by atoms with Crippen LogP contribution in [-0.2, 0) is 13.1 Å². The summed E-state index contributed by atoms with van der Waals surface area (Å²) in [5.41, 5.74) is 0.515. The number of pyridine rings is 1. The Hall–Kier alpha value is -2.29. The average Bonchev–Trinajstić information content (AvgIpc) is 3.06. The molecule has 0 aliphatic rings. The summed E-state index contributed by atoms with van der Waals surface area (Å²) in [5, 5.41) is 8.13. The van der Waals surface area contributed by atoms with Crippen LogP contribution >= 0.6 is 11.3 Å². The van der Waals surface area contributed by atoms with Crippen LogP contribution in [-0.4, -0.2) is 30.8 Å². The maximum absolute atomic E-state index is 12.3. The van der Waals surface area contributed by atoms with Crippen molar-refractivity contribution in [2.45, 2.75) is 19.3 Å². The van der Waals surface area contributed by atoms with Crippen LogP contribution in [0.4, 0.5) is 13.2 Å². The van der Waals surface area contributed by atoms with Crippen LogP contribution in [0.5, 0.6) is 5.88 Å². The molecular formula is C15H17F3N4OS. The van der Waals surface area contributed by atoms with Crippen LogP contribution in [0.2, 0.25) is 0 Å². The Bertz CT molecular complexity index is 659. The SMILES string of the molecule is CN=C(NCc1cccs1)NCc1cccnc1OCC(F)(F)F. The number of ether oxygens (including phenoxy) is 1. The molecule has 0 spiro atoms. The minimum Gasteiger partial charge on any atom is -0.468 e. The van der Waals surface area contributed by atoms with Gasteiger partial charge in [0.1, 0.15) is 0 Å². The van der Waals surface area contributed by atoms with E-state index in [-0.39, 0.29) is 12.4 Å². The molecule has 0 fully saturated rings. The number of nitrogens with zero attached hydrogens (tertiary/aromatic N) is 2. The third kappa shape index (κ3) is 6.07. The number of alkyl halides is 3. The summed E-state index contributed by atoms with van der Waals surface area (Å²) in [4.78, 5) is 9.07. The first-order valence-corrected chi connectivity index (χ1v) is 7.96. The summed E-state index contributed by atoms with van der Waals surface area (Å²) in [6.07, 6.45) is -3.01. The fourth-order valence-electron chi connectivity index (χ4n) is 1.82. The Kier molecular flexibility index (Phi) is 6.42. The normalized spacial score (nSPS) is 12.1. The predicted molar refractivity (Wildman–Crippen MR) is 87.1 cm³/mol. The van der Waals surface area contributed by atoms with Crippen molar-refractivity contribution in [3.63, 3.8) is 0 Å². The van der Waals surface area contributed by atoms with E-state index < -0.39 is 12.8 Å². The van der Waals surface area contributed by atoms with Gasteiger partial charge in [0.25, 0.3) is 0 Å². The van der Waals surface area contributed by atoms with Crippen LogP contribution < -0.4 is 15.4 Å². The van der Waals surface area contributed by atoms with Crippen molar-refractivity contribution in [2.75, 3.05) is 13.7 Å². The van der Waals surface area contributed by atoms with Gasteiger partial charge < -0.3 is 15.4 Å². The molecule has 0 radical (unpaired) electrons. The Balaban J connectivity index is 1.90. The van der Waals surface area contributed by atoms with Gasteiger partial charge >= 0.3 is 6.18 Å². The molecule has 2 rings (SSSR count). The van der Waals surface area contributed by atoms with Gasteiger partial charge in [0.15, 0.2) is 12.6 Å². The molecule has 0 aliphatic carbocycles. The molecule has 0 bridgehead atoms. The number of rotatable bonds is 6. The molecule has 2 aromatic rings. The number of aliphatic imine (C=N–C) groups is 1. The first-order valence-electron chi connectivity index (χ1n) is 7.08. The second-order valence-electron chi connectivity index (χ2n) is 4.73. The van der Waals surface area contributed by atoms with Crippen molar-refractivity contribution in [3.8, 4) is 5.88 Å². The lowest BCUT2D eigenvalue weighted by Gasteiger charge is -2.14. The van der Waals surface area contributed by atoms with Gasteiger partial charge in [-0.25, -0.2) is 4.98 Å². The first kappa shape index (κ1) is 18.1. The maximum Gasteiger partial charge on any atom is 0.422 e. The summed E-state index contributed by atoms with van der Waals surface area (Å²) >= 11 is 1.62. The van der Waals surface area contributed by atoms with Crippen molar-refractivity contribution >= 4 is 17.3 Å². The lowest BCUT2D eigenvalue weighted by Crippen LogP contribution is -2.36. The van der Waals surface area contributed by atoms with Crippen molar-refractivity contribution in [1.29, 1.82) is 0 Å². The number of aromatic nitrogens is 1. The molecule has 0 amide bonds. The van der Waals surface area contributed by atoms with E-state index in [1.807, 2.05) is 17.5 Å². The van der Waals surface area contributed by atoms with Crippen molar-refractivity contribution in [3.05, 3.63) is 46.3 Å². The second kappa shape index (κ2) is 8.53. The zero-order chi connectivity index (χ0) is 17.4. The van der Waals surface area contributed by atoms with E-state index in [0.29, 0.717) is 18.1 Å². The van der Waals surface area contributed by atoms with E-state index in [9.17, 15) is 13.2 Å². The van der Waals surface area contributed by atoms with E-state index in [4.69, 9.17) is 4.74 Å². The second-order valence-corrected chi connectivity index (χ2v) is 5.76. The Morgan fingerprint density at radius 3 is 2.71 bits per heavy atom. The highest BCUT2D eigenvalue weighted by molar-refractivity contribution is 7.09. The molecule has 130 valence electrons. The lowest BCUT2D eigenvalue weighted by atomic mass is 10.2. The molecule has 2 heterocycles. The summed E-state index contributed by atoms with van der Waals surface area (Å²) in [6.45, 7) is -0.519. The molecule has 2 N–H and O–H groups in total. The smallest absolute Gasteiger partial charge is 0.422 e. The lowest BCUT2D eigenvalue weighted by molar-refractivity contribution is -0.154. The highest BCUT2D eigenvalue weighted by Crippen LogP contribution is 2.19. The van der Waals surface area contributed by atoms with Gasteiger partial charge in [-0.2, -0.15) is 13.2 Å². The van der Waals surface area contributed by atoms with E-state index in [1.165, 1.54) is 6.20 Å². The Morgan fingerprint density at radius 1 is 1.25 bits per heavy atom. The molecule has 0 saturated carbocycles. The standard InChI is InChI=1S/C15H17F3N4OS/c1-19-14(22-9-12-5-3-7-24-12)21-8-11-4-2-6-20-13(11)23-10-15(16,17)18/h2-7H,8-10H2,1H3,(H2,19,21,22). The predicted octanol–water partition coefficient (Wildman–Crippen LogP) is 2.95. The Labute approximate surface area is 141 Å². The molecule has 5 nitrogen and oxygen atoms in total. The summed E-state index contributed by atoms with van der Waals surface area (Å²) in [7, 11) is 1.62. The molecule has 0 aromatic carbocycles. The van der Waals surface area contributed by atoms with Crippen LogP contribution in [0.15, 0.2) is 40.8 Å². The third-order valence-electron chi connectivity index (χ3n) is 2.90. The van der Waals surface area contributed by atoms with Gasteiger partial charge in [0.2, 0.25) is 5.88 Å². The number of hydrogen-bond donors (Lipinski definition) is 2. The van der Waals surface area contributed by atoms with Crippen LogP contribution in [0.1, 0.15) is 10.4 Å². The van der Waals surface area contributed by atoms with Gasteiger partial charge in [0, 0.05) is 30.2 Å². The van der Waals surface area contributed by atoms with Crippen molar-refractivity contribution in [1.82, 2.24) is 15.6 Å². The molecule has 2 aromatic heterocycles. The zero-order valence-electron chi connectivity index (χ0n) is 12.9. The first-order chi connectivity index (χ1) is 11.5. The van der Waals surface area contributed by atoms with Gasteiger partial charge in [-0.15, -0.1) is 11.3 Å². The topological polar surface area (TPSA) is 58.5 Å². The summed E-state index contributed by atoms with van der Waals surface area (Å²) < 4.78 is 41.6. The van der Waals surface area contributed by atoms with Gasteiger partial charge in [-0.3, -0.25) is 4.99 Å². The van der Waals surface area contributed by atoms with E-state index in [2.05, 4.69) is 20.6 Å². The van der Waals surface area contributed by atoms with Gasteiger partial charge in [-0.05, 0) is 17.5 Å². The molecular weight excluding hydrogens is 341 g/mol. The molecule has 0 unspecified atom stereocenters. The minimum absolute atomic E-state index is 0.0453. The highest BCUT2D eigenvalue weighted by atomic mass is 32.1. The Morgan fingerprint density at radius 2 is 2.04 bits per heavy atom. The van der Waals surface area contributed by atoms with E-state index >= 15 is 0 Å². The fraction of sp³-hybridized carbons (Fsp3) is 0.333. The maximum atomic E-state index is 12.3. The largest absolute Gasteiger partial charge is 0.468 e. The van der Waals surface area contributed by atoms with Crippen LogP contribution in [0, 0.1) is 0 Å². The van der Waals surface area contributed by atoms with Crippen LogP contribution in [0.25, 0.3) is 0 Å². The third-order valence-corrected chi connectivity index (χ3v) is 3.78. The van der Waals surface area contributed by atoms with Crippen LogP contribution in [0.3, 0.4) is 0 Å². The molecule has 0 atom stereocenters. The van der Waals surface area contributed by atoms with Crippen molar-refractivity contribution in [2.24, 2.45) is 4.99 Å². The molecule has 9 heteroatoms. The van der Waals surface area contributed by atoms with E-state index in [0.717, 1.165) is 4.88 Å². The van der Waals surface area contributed by atoms with Gasteiger partial charge in [-0.1, -0.05) is 12.1 Å². The monoisotopic (exact) mass is 358 g/mol. The van der Waals surface area contributed by atoms with Crippen molar-refractivity contribution < 1.29 is 17.9 Å². The number of thiophene rings is 1. The highest BCUT2D eigenvalue weighted by Gasteiger charge is 2.29. The zero-order valence-corrected chi connectivity index (χ0v) is 13.7. The molecule has 0 saturated heterocycles. The average molecular weight is 358 g/mol. The quantitative estimate of drug-likeness (QED) is 0.616. The fourth-order valence-corrected chi connectivity index (χ4v) is 2.47. The molecule has 0 aliphatic heterocycles. The number of nitrogens with one attached hydrogen (secondary N) is 2. The van der Waals surface area contributed by atoms with Gasteiger partial charge in [0.05, 0.1) is 6.54 Å². The molecule has 24 heavy (non-hydrogen) atoms. The number of hydrogen-bond acceptors (Lipinski definition) is 4. The van der Waals surface area contributed by atoms with E-state index in [1.54, 1.807) is 30.5 Å². The summed E-state index contributed by atoms with van der Waals surface area (Å²) in [6, 6.07) is 7.24. The number of guanidine groups is 1.